The Morgan fingerprint density at radius 1 is 0.162 bits per heavy atom. The smallest absolute Gasteiger partial charge is 0.191 e. The monoisotopic (exact) mass is 1910 g/mol. The lowest BCUT2D eigenvalue weighted by atomic mass is 9.97. The Balaban J connectivity index is 0.000000112. The van der Waals surface area contributed by atoms with Crippen molar-refractivity contribution in [3.63, 3.8) is 0 Å². The van der Waals surface area contributed by atoms with E-state index < -0.39 is 29.0 Å². The van der Waals surface area contributed by atoms with Gasteiger partial charge in [-0.3, -0.25) is 0 Å². The summed E-state index contributed by atoms with van der Waals surface area (Å²) in [5.41, 5.74) is 19.4. The molecule has 0 fully saturated rings. The molecule has 0 N–H and O–H groups in total. The first-order valence-electron chi connectivity index (χ1n) is 49.2. The Hall–Kier alpha value is -14.9. The maximum atomic E-state index is 2.49. The number of nitrogens with zero attached hydrogens (tertiary/aromatic N) is 4. The molecule has 20 aromatic carbocycles. The minimum absolute atomic E-state index is 1.24. The van der Waals surface area contributed by atoms with E-state index in [0.717, 1.165) is 0 Å². The van der Waals surface area contributed by atoms with Crippen LogP contribution in [-0.4, -0.2) is 26.7 Å². The van der Waals surface area contributed by atoms with Gasteiger partial charge in [0.25, 0.3) is 22.1 Å². The van der Waals surface area contributed by atoms with Crippen LogP contribution in [0.1, 0.15) is 22.3 Å². The molecule has 4 heterocycles. The van der Waals surface area contributed by atoms with Gasteiger partial charge in [0.1, 0.15) is 99.7 Å². The van der Waals surface area contributed by atoms with Gasteiger partial charge in [0.15, 0.2) is 21.2 Å². The van der Waals surface area contributed by atoms with Crippen molar-refractivity contribution in [2.75, 3.05) is 26.7 Å². The third kappa shape index (κ3) is 16.7. The minimum atomic E-state index is -1.95. The molecule has 4 aromatic heterocycles. The number of aromatic nitrogens is 4. The van der Waals surface area contributed by atoms with Crippen LogP contribution in [0.4, 0.5) is 0 Å². The standard InChI is InChI=1S/3C34H30NP.C32H28NP/c1-25-14-10-12-20-29(25)32-23-22-31-30-21-13-11-15-26(30)24-33(34(31)35(32)2)36(3,27-16-6-4-7-17-27)28-18-8-5-9-19-28;1-25-15-10-11-20-28(25)33-30-22-13-12-21-29(30)31-23-14-24-32(34(31)35(33)2)36(3,26-16-6-4-7-17-26)27-18-8-5-9-19-27;1-25-23-27-13-10-11-14-28(27)24-31(25)32-22-21-26-15-12-20-33(34(26)35(32)2)36(3,29-16-6-4-7-17-29)30-18-8-5-9-19-30;1-23-12-10-13-24-20-21-26-22-25-14-11-19-29(31(25)33(2)32(26)30(23)24)34(3,27-15-6-4-7-16-27)28-17-8-5-9-18-28/h3*4-24H,1-3H3;4-22H,1-3H3/q4*+2. The van der Waals surface area contributed by atoms with Gasteiger partial charge in [-0.05, 0) is 265 Å². The zero-order valence-corrected chi connectivity index (χ0v) is 86.5. The fourth-order valence-corrected chi connectivity index (χ4v) is 36.4. The summed E-state index contributed by atoms with van der Waals surface area (Å²) in [5, 5.41) is 33.7. The average molecular weight is 1910 g/mol. The zero-order chi connectivity index (χ0) is 97.4. The summed E-state index contributed by atoms with van der Waals surface area (Å²) in [4.78, 5) is 0. The molecule has 0 radical (unpaired) electrons. The maximum absolute atomic E-state index is 2.49. The Kier molecular flexibility index (Phi) is 26.1. The second-order valence-electron chi connectivity index (χ2n) is 38.2. The van der Waals surface area contributed by atoms with Crippen molar-refractivity contribution >= 4 is 190 Å². The number of aryl methyl sites for hydroxylation is 8. The van der Waals surface area contributed by atoms with E-state index in [9.17, 15) is 0 Å². The fraction of sp³-hybridized carbons (Fsp3) is 0.0896. The van der Waals surface area contributed by atoms with Crippen LogP contribution < -0.4 is 81.9 Å². The predicted molar refractivity (Wildman–Crippen MR) is 622 cm³/mol. The van der Waals surface area contributed by atoms with E-state index in [1.807, 2.05) is 0 Å². The first-order chi connectivity index (χ1) is 69.3. The van der Waals surface area contributed by atoms with Crippen molar-refractivity contribution in [2.24, 2.45) is 28.2 Å². The van der Waals surface area contributed by atoms with Gasteiger partial charge in [-0.2, -0.15) is 18.3 Å². The first-order valence-corrected chi connectivity index (χ1v) is 58.2. The average Bonchev–Trinajstić information content (AvgIpc) is 0.723. The highest BCUT2D eigenvalue weighted by molar-refractivity contribution is 7.97. The molecule has 0 atom stereocenters. The van der Waals surface area contributed by atoms with E-state index in [4.69, 9.17) is 0 Å². The molecule has 24 aromatic rings. The third-order valence-corrected chi connectivity index (χ3v) is 46.0. The van der Waals surface area contributed by atoms with Crippen molar-refractivity contribution in [3.8, 4) is 33.8 Å². The molecule has 142 heavy (non-hydrogen) atoms. The van der Waals surface area contributed by atoms with Crippen LogP contribution in [-0.2, 0) is 28.2 Å². The van der Waals surface area contributed by atoms with Gasteiger partial charge in [0.2, 0.25) is 22.6 Å². The van der Waals surface area contributed by atoms with E-state index in [-0.39, 0.29) is 0 Å². The summed E-state index contributed by atoms with van der Waals surface area (Å²) < 4.78 is 9.77. The number of pyridine rings is 4. The predicted octanol–water partition coefficient (Wildman–Crippen LogP) is 26.4. The number of hydrogen-bond acceptors (Lipinski definition) is 0. The number of para-hydroxylation sites is 3. The molecule has 686 valence electrons. The summed E-state index contributed by atoms with van der Waals surface area (Å²) >= 11 is 0. The minimum Gasteiger partial charge on any atom is -0.191 e. The Bertz CT molecular complexity index is 8690. The summed E-state index contributed by atoms with van der Waals surface area (Å²) in [6.07, 6.45) is 0. The lowest BCUT2D eigenvalue weighted by Gasteiger charge is -2.24. The summed E-state index contributed by atoms with van der Waals surface area (Å²) in [6.45, 7) is 18.8. The lowest BCUT2D eigenvalue weighted by molar-refractivity contribution is -0.633. The van der Waals surface area contributed by atoms with Gasteiger partial charge in [0, 0.05) is 39.6 Å². The summed E-state index contributed by atoms with van der Waals surface area (Å²) in [7, 11) is 1.35. The summed E-state index contributed by atoms with van der Waals surface area (Å²) in [5.74, 6) is 0. The van der Waals surface area contributed by atoms with Gasteiger partial charge in [-0.15, -0.1) is 0 Å². The number of rotatable bonds is 15. The lowest BCUT2D eigenvalue weighted by Crippen LogP contribution is -2.40. The quantitative estimate of drug-likeness (QED) is 0.0421. The molecule has 0 aliphatic rings. The van der Waals surface area contributed by atoms with Gasteiger partial charge in [-0.25, -0.2) is 0 Å². The Morgan fingerprint density at radius 3 is 0.965 bits per heavy atom. The second kappa shape index (κ2) is 39.6. The van der Waals surface area contributed by atoms with Gasteiger partial charge >= 0.3 is 0 Å². The first kappa shape index (κ1) is 93.4. The second-order valence-corrected chi connectivity index (χ2v) is 52.3. The molecule has 0 spiro atoms. The number of benzene rings is 20. The number of fused-ring (bicyclic) bond motifs is 12. The molecule has 0 bridgehead atoms. The van der Waals surface area contributed by atoms with E-state index in [0.29, 0.717) is 0 Å². The highest BCUT2D eigenvalue weighted by Crippen LogP contribution is 2.57. The molecule has 0 saturated carbocycles. The van der Waals surface area contributed by atoms with Crippen LogP contribution in [0.2, 0.25) is 0 Å². The fourth-order valence-electron chi connectivity index (χ4n) is 22.5. The van der Waals surface area contributed by atoms with Gasteiger partial charge in [-0.1, -0.05) is 297 Å². The van der Waals surface area contributed by atoms with E-state index in [1.54, 1.807) is 0 Å². The van der Waals surface area contributed by atoms with Crippen LogP contribution in [0, 0.1) is 27.7 Å². The number of hydrogen-bond donors (Lipinski definition) is 0. The Labute approximate surface area is 838 Å². The normalized spacial score (nSPS) is 11.8. The SMILES string of the molecule is Cc1cc2ccccc2cc1-c1ccc2cccc([P+](C)(c3ccccc3)c3ccccc3)c2[n+]1C.Cc1cccc2ccc3cc4cccc([P+](C)(c5ccccc5)c5ccccc5)c4[n+](C)c3c12.Cc1ccccc1-c1c2ccccc2c2cccc([P+](C)(c3ccccc3)c3ccccc3)c2[n+]1C.Cc1ccccc1-c1ccc2c3ccccc3cc([P+](C)(c3ccccc3)c3ccccc3)c2[n+]1C. The van der Waals surface area contributed by atoms with Crippen molar-refractivity contribution in [1.29, 1.82) is 0 Å². The van der Waals surface area contributed by atoms with Crippen LogP contribution >= 0.6 is 29.0 Å². The van der Waals surface area contributed by atoms with Crippen molar-refractivity contribution < 1.29 is 18.3 Å². The van der Waals surface area contributed by atoms with Crippen molar-refractivity contribution in [1.82, 2.24) is 0 Å². The van der Waals surface area contributed by atoms with Gasteiger partial charge < -0.3 is 0 Å². The largest absolute Gasteiger partial charge is 0.256 e. The molecule has 24 rings (SSSR count). The van der Waals surface area contributed by atoms with E-state index in [1.165, 1.54) is 217 Å². The van der Waals surface area contributed by atoms with Crippen LogP contribution in [0.15, 0.2) is 497 Å². The van der Waals surface area contributed by atoms with E-state index in [2.05, 4.69) is 598 Å². The molecule has 0 aliphatic carbocycles. The highest BCUT2D eigenvalue weighted by Gasteiger charge is 2.50. The molecule has 0 saturated heterocycles. The molecule has 0 amide bonds. The molecule has 0 unspecified atom stereocenters. The van der Waals surface area contributed by atoms with Gasteiger partial charge in [0.05, 0.1) is 59.0 Å². The third-order valence-electron chi connectivity index (χ3n) is 30.1. The molecule has 4 nitrogen and oxygen atoms in total. The van der Waals surface area contributed by atoms with Crippen molar-refractivity contribution in [2.45, 2.75) is 27.7 Å². The highest BCUT2D eigenvalue weighted by atomic mass is 31.2. The maximum Gasteiger partial charge on any atom is 0.256 e. The molecular formula is C134H118N4P4+8. The topological polar surface area (TPSA) is 15.5 Å². The molecule has 8 heteroatoms. The Morgan fingerprint density at radius 2 is 0.472 bits per heavy atom. The van der Waals surface area contributed by atoms with Crippen LogP contribution in [0.3, 0.4) is 0 Å². The van der Waals surface area contributed by atoms with Crippen molar-refractivity contribution in [3.05, 3.63) is 520 Å². The van der Waals surface area contributed by atoms with Crippen LogP contribution in [0.25, 0.3) is 131 Å². The summed E-state index contributed by atoms with van der Waals surface area (Å²) in [6, 6.07) is 183. The zero-order valence-electron chi connectivity index (χ0n) is 82.9. The molecular weight excluding hydrogens is 1790 g/mol. The van der Waals surface area contributed by atoms with Crippen LogP contribution in [0.5, 0.6) is 0 Å². The van der Waals surface area contributed by atoms with E-state index >= 15 is 0 Å². The molecule has 0 aliphatic heterocycles.